The lowest BCUT2D eigenvalue weighted by Gasteiger charge is -2.10. The molecular weight excluding hydrogens is 277 g/mol. The Kier molecular flexibility index (Phi) is 3.94. The van der Waals surface area contributed by atoms with Gasteiger partial charge in [0.2, 0.25) is 0 Å². The maximum Gasteiger partial charge on any atom is 0.128 e. The van der Waals surface area contributed by atoms with Crippen LogP contribution in [0, 0.1) is 5.82 Å². The van der Waals surface area contributed by atoms with Crippen molar-refractivity contribution in [2.45, 2.75) is 32.9 Å². The molecule has 0 bridgehead atoms. The van der Waals surface area contributed by atoms with Gasteiger partial charge in [0.25, 0.3) is 0 Å². The normalized spacial score (nSPS) is 11.5. The standard InChI is InChI=1S/C18H20FN3/c1-12(2)13-7-8-17-16(9-13)21-18(10-20)22(17)11-14-5-3-4-6-15(14)19/h3-9,12H,10-11,20H2,1-2H3. The molecule has 114 valence electrons. The van der Waals surface area contributed by atoms with Gasteiger partial charge in [-0.1, -0.05) is 38.1 Å². The number of aromatic nitrogens is 2. The highest BCUT2D eigenvalue weighted by Crippen LogP contribution is 2.23. The van der Waals surface area contributed by atoms with Crippen LogP contribution in [0.5, 0.6) is 0 Å². The molecule has 0 aliphatic carbocycles. The second-order valence-electron chi connectivity index (χ2n) is 5.81. The number of nitrogens with two attached hydrogens (primary N) is 1. The molecular formula is C18H20FN3. The first-order valence-corrected chi connectivity index (χ1v) is 7.52. The Labute approximate surface area is 129 Å². The summed E-state index contributed by atoms with van der Waals surface area (Å²) in [7, 11) is 0. The summed E-state index contributed by atoms with van der Waals surface area (Å²) in [6.07, 6.45) is 0. The highest BCUT2D eigenvalue weighted by atomic mass is 19.1. The average Bonchev–Trinajstić information content (AvgIpc) is 2.86. The van der Waals surface area contributed by atoms with Crippen LogP contribution in [0.25, 0.3) is 11.0 Å². The third-order valence-corrected chi connectivity index (χ3v) is 3.99. The van der Waals surface area contributed by atoms with Crippen LogP contribution in [0.15, 0.2) is 42.5 Å². The van der Waals surface area contributed by atoms with E-state index in [4.69, 9.17) is 5.73 Å². The second kappa shape index (κ2) is 5.89. The molecule has 0 saturated carbocycles. The van der Waals surface area contributed by atoms with Crippen molar-refractivity contribution in [2.75, 3.05) is 0 Å². The summed E-state index contributed by atoms with van der Waals surface area (Å²) < 4.78 is 15.9. The molecule has 1 heterocycles. The molecule has 2 aromatic carbocycles. The summed E-state index contributed by atoms with van der Waals surface area (Å²) in [6, 6.07) is 13.1. The molecule has 0 radical (unpaired) electrons. The molecule has 3 aromatic rings. The molecule has 0 saturated heterocycles. The quantitative estimate of drug-likeness (QED) is 0.796. The first kappa shape index (κ1) is 14.7. The minimum absolute atomic E-state index is 0.203. The molecule has 1 aromatic heterocycles. The van der Waals surface area contributed by atoms with Crippen molar-refractivity contribution in [3.63, 3.8) is 0 Å². The van der Waals surface area contributed by atoms with E-state index in [-0.39, 0.29) is 5.82 Å². The minimum atomic E-state index is -0.203. The number of nitrogens with zero attached hydrogens (tertiary/aromatic N) is 2. The van der Waals surface area contributed by atoms with Crippen LogP contribution >= 0.6 is 0 Å². The lowest BCUT2D eigenvalue weighted by Crippen LogP contribution is -2.10. The molecule has 2 N–H and O–H groups in total. The largest absolute Gasteiger partial charge is 0.324 e. The molecule has 0 aliphatic rings. The number of hydrogen-bond acceptors (Lipinski definition) is 2. The van der Waals surface area contributed by atoms with Crippen molar-refractivity contribution >= 4 is 11.0 Å². The molecule has 4 heteroatoms. The summed E-state index contributed by atoms with van der Waals surface area (Å²) in [5, 5.41) is 0. The predicted octanol–water partition coefficient (Wildman–Crippen LogP) is 3.81. The number of hydrogen-bond donors (Lipinski definition) is 1. The Morgan fingerprint density at radius 1 is 1.18 bits per heavy atom. The number of benzene rings is 2. The van der Waals surface area contributed by atoms with Crippen molar-refractivity contribution in [1.82, 2.24) is 9.55 Å². The molecule has 0 atom stereocenters. The number of rotatable bonds is 4. The van der Waals surface area contributed by atoms with Gasteiger partial charge in [0.15, 0.2) is 0 Å². The van der Waals surface area contributed by atoms with Gasteiger partial charge >= 0.3 is 0 Å². The van der Waals surface area contributed by atoms with E-state index in [9.17, 15) is 4.39 Å². The summed E-state index contributed by atoms with van der Waals surface area (Å²) in [5.74, 6) is 1.02. The van der Waals surface area contributed by atoms with Crippen molar-refractivity contribution in [2.24, 2.45) is 5.73 Å². The van der Waals surface area contributed by atoms with Gasteiger partial charge < -0.3 is 10.3 Å². The van der Waals surface area contributed by atoms with Crippen molar-refractivity contribution in [1.29, 1.82) is 0 Å². The summed E-state index contributed by atoms with van der Waals surface area (Å²) >= 11 is 0. The lowest BCUT2D eigenvalue weighted by atomic mass is 10.0. The molecule has 0 fully saturated rings. The topological polar surface area (TPSA) is 43.8 Å². The van der Waals surface area contributed by atoms with Crippen LogP contribution in [-0.2, 0) is 13.1 Å². The highest BCUT2D eigenvalue weighted by molar-refractivity contribution is 5.77. The van der Waals surface area contributed by atoms with Crippen LogP contribution in [0.4, 0.5) is 4.39 Å². The van der Waals surface area contributed by atoms with E-state index in [1.54, 1.807) is 12.1 Å². The Morgan fingerprint density at radius 3 is 2.64 bits per heavy atom. The van der Waals surface area contributed by atoms with Gasteiger partial charge in [-0.3, -0.25) is 0 Å². The van der Waals surface area contributed by atoms with Crippen LogP contribution in [0.3, 0.4) is 0 Å². The fourth-order valence-electron chi connectivity index (χ4n) is 2.69. The molecule has 0 aliphatic heterocycles. The van der Waals surface area contributed by atoms with E-state index in [0.29, 0.717) is 24.6 Å². The first-order valence-electron chi connectivity index (χ1n) is 7.52. The summed E-state index contributed by atoms with van der Waals surface area (Å²) in [5.41, 5.74) is 9.63. The predicted molar refractivity (Wildman–Crippen MR) is 87.2 cm³/mol. The van der Waals surface area contributed by atoms with Crippen LogP contribution in [0.1, 0.15) is 36.7 Å². The number of halogens is 1. The molecule has 0 amide bonds. The second-order valence-corrected chi connectivity index (χ2v) is 5.81. The smallest absolute Gasteiger partial charge is 0.128 e. The zero-order valence-electron chi connectivity index (χ0n) is 12.9. The van der Waals surface area contributed by atoms with Crippen molar-refractivity contribution in [3.8, 4) is 0 Å². The first-order chi connectivity index (χ1) is 10.6. The summed E-state index contributed by atoms with van der Waals surface area (Å²) in [6.45, 7) is 5.08. The van der Waals surface area contributed by atoms with Crippen LogP contribution < -0.4 is 5.73 Å². The van der Waals surface area contributed by atoms with Gasteiger partial charge in [-0.2, -0.15) is 0 Å². The van der Waals surface area contributed by atoms with E-state index in [2.05, 4.69) is 37.0 Å². The summed E-state index contributed by atoms with van der Waals surface area (Å²) in [4.78, 5) is 4.62. The van der Waals surface area contributed by atoms with E-state index < -0.39 is 0 Å². The third kappa shape index (κ3) is 2.62. The maximum atomic E-state index is 13.9. The van der Waals surface area contributed by atoms with Gasteiger partial charge in [-0.25, -0.2) is 9.37 Å². The van der Waals surface area contributed by atoms with Crippen molar-refractivity contribution in [3.05, 3.63) is 65.2 Å². The lowest BCUT2D eigenvalue weighted by molar-refractivity contribution is 0.597. The Hall–Kier alpha value is -2.20. The molecule has 22 heavy (non-hydrogen) atoms. The molecule has 0 unspecified atom stereocenters. The average molecular weight is 297 g/mol. The van der Waals surface area contributed by atoms with E-state index >= 15 is 0 Å². The Bertz CT molecular complexity index is 805. The SMILES string of the molecule is CC(C)c1ccc2c(c1)nc(CN)n2Cc1ccccc1F. The highest BCUT2D eigenvalue weighted by Gasteiger charge is 2.13. The monoisotopic (exact) mass is 297 g/mol. The van der Waals surface area contributed by atoms with Crippen molar-refractivity contribution < 1.29 is 4.39 Å². The van der Waals surface area contributed by atoms with Gasteiger partial charge in [0.05, 0.1) is 24.1 Å². The Balaban J connectivity index is 2.10. The van der Waals surface area contributed by atoms with Gasteiger partial charge in [0, 0.05) is 5.56 Å². The maximum absolute atomic E-state index is 13.9. The fourth-order valence-corrected chi connectivity index (χ4v) is 2.69. The van der Waals surface area contributed by atoms with Gasteiger partial charge in [-0.15, -0.1) is 0 Å². The van der Waals surface area contributed by atoms with Crippen LogP contribution in [-0.4, -0.2) is 9.55 Å². The number of imidazole rings is 1. The van der Waals surface area contributed by atoms with E-state index in [1.807, 2.05) is 10.6 Å². The third-order valence-electron chi connectivity index (χ3n) is 3.99. The molecule has 3 nitrogen and oxygen atoms in total. The molecule has 3 rings (SSSR count). The van der Waals surface area contributed by atoms with Crippen LogP contribution in [0.2, 0.25) is 0 Å². The fraction of sp³-hybridized carbons (Fsp3) is 0.278. The van der Waals surface area contributed by atoms with Gasteiger partial charge in [0.1, 0.15) is 11.6 Å². The van der Waals surface area contributed by atoms with E-state index in [0.717, 1.165) is 16.9 Å². The Morgan fingerprint density at radius 2 is 1.95 bits per heavy atom. The molecule has 0 spiro atoms. The zero-order valence-corrected chi connectivity index (χ0v) is 12.9. The minimum Gasteiger partial charge on any atom is -0.324 e. The number of fused-ring (bicyclic) bond motifs is 1. The van der Waals surface area contributed by atoms with E-state index in [1.165, 1.54) is 11.6 Å². The zero-order chi connectivity index (χ0) is 15.7. The van der Waals surface area contributed by atoms with Gasteiger partial charge in [-0.05, 0) is 29.7 Å².